The Bertz CT molecular complexity index is 491. The summed E-state index contributed by atoms with van der Waals surface area (Å²) < 4.78 is 18.2. The molecule has 102 valence electrons. The Morgan fingerprint density at radius 1 is 1.53 bits per heavy atom. The molecular formula is C14H15FO3S. The van der Waals surface area contributed by atoms with E-state index in [1.807, 2.05) is 0 Å². The first-order valence-electron chi connectivity index (χ1n) is 5.70. The van der Waals surface area contributed by atoms with Crippen molar-refractivity contribution in [2.75, 3.05) is 19.5 Å². The summed E-state index contributed by atoms with van der Waals surface area (Å²) in [6.07, 6.45) is 0.322. The Balaban J connectivity index is 2.49. The fourth-order valence-electron chi connectivity index (χ4n) is 1.32. The highest BCUT2D eigenvalue weighted by Crippen LogP contribution is 2.17. The van der Waals surface area contributed by atoms with Crippen molar-refractivity contribution in [3.63, 3.8) is 0 Å². The average Bonchev–Trinajstić information content (AvgIpc) is 2.42. The Morgan fingerprint density at radius 3 is 2.95 bits per heavy atom. The quantitative estimate of drug-likeness (QED) is 0.509. The van der Waals surface area contributed by atoms with Gasteiger partial charge in [-0.15, -0.1) is 0 Å². The van der Waals surface area contributed by atoms with Gasteiger partial charge in [0.2, 0.25) is 0 Å². The number of benzene rings is 1. The molecule has 1 aromatic carbocycles. The van der Waals surface area contributed by atoms with Gasteiger partial charge in [-0.2, -0.15) is 11.8 Å². The lowest BCUT2D eigenvalue weighted by atomic mass is 10.1. The Labute approximate surface area is 116 Å². The fraction of sp³-hybridized carbons (Fsp3) is 0.357. The first-order chi connectivity index (χ1) is 9.17. The molecule has 0 aromatic heterocycles. The van der Waals surface area contributed by atoms with Gasteiger partial charge in [-0.05, 0) is 17.7 Å². The predicted molar refractivity (Wildman–Crippen MR) is 73.2 cm³/mol. The second-order valence-corrected chi connectivity index (χ2v) is 4.75. The number of carbonyl (C=O) groups is 1. The van der Waals surface area contributed by atoms with Crippen molar-refractivity contribution in [3.8, 4) is 11.8 Å². The molecule has 3 nitrogen and oxygen atoms in total. The summed E-state index contributed by atoms with van der Waals surface area (Å²) >= 11 is 1.47. The van der Waals surface area contributed by atoms with Crippen molar-refractivity contribution in [2.45, 2.75) is 12.2 Å². The number of hydrogen-bond acceptors (Lipinski definition) is 4. The van der Waals surface area contributed by atoms with Crippen LogP contribution in [0.4, 0.5) is 4.39 Å². The molecule has 0 aliphatic heterocycles. The third-order valence-electron chi connectivity index (χ3n) is 2.30. The van der Waals surface area contributed by atoms with Crippen molar-refractivity contribution in [1.82, 2.24) is 0 Å². The predicted octanol–water partition coefficient (Wildman–Crippen LogP) is 1.97. The maximum atomic E-state index is 13.7. The fourth-order valence-corrected chi connectivity index (χ4v) is 2.23. The Kier molecular flexibility index (Phi) is 7.01. The smallest absolute Gasteiger partial charge is 0.306 e. The first kappa shape index (κ1) is 15.5. The van der Waals surface area contributed by atoms with Crippen molar-refractivity contribution < 1.29 is 19.0 Å². The van der Waals surface area contributed by atoms with Gasteiger partial charge in [0.1, 0.15) is 12.4 Å². The lowest BCUT2D eigenvalue weighted by molar-refractivity contribution is -0.140. The number of halogens is 1. The Morgan fingerprint density at radius 2 is 2.32 bits per heavy atom. The van der Waals surface area contributed by atoms with Crippen LogP contribution < -0.4 is 0 Å². The van der Waals surface area contributed by atoms with Crippen LogP contribution in [0.2, 0.25) is 0 Å². The van der Waals surface area contributed by atoms with E-state index in [0.717, 1.165) is 0 Å². The average molecular weight is 282 g/mol. The second-order valence-electron chi connectivity index (χ2n) is 3.64. The van der Waals surface area contributed by atoms with Gasteiger partial charge in [0.25, 0.3) is 0 Å². The molecule has 5 heteroatoms. The number of ether oxygens (including phenoxy) is 1. The summed E-state index contributed by atoms with van der Waals surface area (Å²) in [5.41, 5.74) is 1.11. The van der Waals surface area contributed by atoms with E-state index in [1.54, 1.807) is 12.1 Å². The minimum atomic E-state index is -0.324. The number of hydrogen-bond donors (Lipinski definition) is 1. The van der Waals surface area contributed by atoms with E-state index in [0.29, 0.717) is 29.1 Å². The zero-order chi connectivity index (χ0) is 14.1. The van der Waals surface area contributed by atoms with Gasteiger partial charge in [0.05, 0.1) is 13.5 Å². The molecule has 0 saturated carbocycles. The molecule has 0 radical (unpaired) electrons. The SMILES string of the molecule is COC(=O)CCSCc1ccc(C#CCO)cc1F. The normalized spacial score (nSPS) is 9.63. The van der Waals surface area contributed by atoms with Gasteiger partial charge >= 0.3 is 5.97 Å². The topological polar surface area (TPSA) is 46.5 Å². The summed E-state index contributed by atoms with van der Waals surface area (Å²) in [6.45, 7) is -0.243. The van der Waals surface area contributed by atoms with Gasteiger partial charge in [-0.3, -0.25) is 4.79 Å². The molecule has 0 aliphatic carbocycles. The molecule has 0 aliphatic rings. The van der Waals surface area contributed by atoms with Crippen LogP contribution in [-0.4, -0.2) is 30.5 Å². The van der Waals surface area contributed by atoms with E-state index in [4.69, 9.17) is 5.11 Å². The van der Waals surface area contributed by atoms with Crippen LogP contribution in [-0.2, 0) is 15.3 Å². The highest BCUT2D eigenvalue weighted by atomic mass is 32.2. The van der Waals surface area contributed by atoms with Crippen LogP contribution in [0.3, 0.4) is 0 Å². The summed E-state index contributed by atoms with van der Waals surface area (Å²) in [6, 6.07) is 4.72. The van der Waals surface area contributed by atoms with E-state index >= 15 is 0 Å². The molecule has 0 fully saturated rings. The largest absolute Gasteiger partial charge is 0.469 e. The first-order valence-corrected chi connectivity index (χ1v) is 6.85. The van der Waals surface area contributed by atoms with Crippen LogP contribution in [0.1, 0.15) is 17.5 Å². The van der Waals surface area contributed by atoms with Crippen molar-refractivity contribution >= 4 is 17.7 Å². The van der Waals surface area contributed by atoms with E-state index < -0.39 is 0 Å². The molecule has 0 heterocycles. The van der Waals surface area contributed by atoms with E-state index in [2.05, 4.69) is 16.6 Å². The molecule has 1 N–H and O–H groups in total. The molecule has 0 bridgehead atoms. The second kappa shape index (κ2) is 8.57. The van der Waals surface area contributed by atoms with Crippen molar-refractivity contribution in [3.05, 3.63) is 35.1 Å². The van der Waals surface area contributed by atoms with Crippen molar-refractivity contribution in [2.24, 2.45) is 0 Å². The standard InChI is InChI=1S/C14H15FO3S/c1-18-14(17)6-8-19-10-12-5-4-11(3-2-7-16)9-13(12)15/h4-5,9,16H,6-8,10H2,1H3. The molecule has 1 aromatic rings. The third kappa shape index (κ3) is 5.77. The molecule has 0 atom stereocenters. The minimum absolute atomic E-state index is 0.243. The van der Waals surface area contributed by atoms with Crippen LogP contribution in [0.15, 0.2) is 18.2 Å². The van der Waals surface area contributed by atoms with Crippen LogP contribution in [0.5, 0.6) is 0 Å². The zero-order valence-corrected chi connectivity index (χ0v) is 11.4. The Hall–Kier alpha value is -1.51. The lowest BCUT2D eigenvalue weighted by Crippen LogP contribution is -2.01. The number of aliphatic hydroxyl groups is 1. The molecule has 0 saturated heterocycles. The molecular weight excluding hydrogens is 267 g/mol. The zero-order valence-electron chi connectivity index (χ0n) is 10.6. The third-order valence-corrected chi connectivity index (χ3v) is 3.31. The number of aliphatic hydroxyl groups excluding tert-OH is 1. The van der Waals surface area contributed by atoms with Crippen molar-refractivity contribution in [1.29, 1.82) is 0 Å². The summed E-state index contributed by atoms with van der Waals surface area (Å²) in [4.78, 5) is 10.9. The molecule has 0 unspecified atom stereocenters. The van der Waals surface area contributed by atoms with E-state index in [9.17, 15) is 9.18 Å². The minimum Gasteiger partial charge on any atom is -0.469 e. The highest BCUT2D eigenvalue weighted by Gasteiger charge is 2.04. The van der Waals surface area contributed by atoms with Gasteiger partial charge < -0.3 is 9.84 Å². The van der Waals surface area contributed by atoms with Crippen LogP contribution >= 0.6 is 11.8 Å². The molecule has 1 rings (SSSR count). The van der Waals surface area contributed by atoms with E-state index in [-0.39, 0.29) is 18.4 Å². The highest BCUT2D eigenvalue weighted by molar-refractivity contribution is 7.98. The number of esters is 1. The monoisotopic (exact) mass is 282 g/mol. The maximum absolute atomic E-state index is 13.7. The van der Waals surface area contributed by atoms with Gasteiger partial charge in [0.15, 0.2) is 0 Å². The molecule has 19 heavy (non-hydrogen) atoms. The van der Waals surface area contributed by atoms with Gasteiger partial charge in [-0.25, -0.2) is 4.39 Å². The van der Waals surface area contributed by atoms with Gasteiger partial charge in [-0.1, -0.05) is 17.9 Å². The number of rotatable bonds is 5. The summed E-state index contributed by atoms with van der Waals surface area (Å²) in [5.74, 6) is 5.62. The van der Waals surface area contributed by atoms with Crippen LogP contribution in [0, 0.1) is 17.7 Å². The number of carbonyl (C=O) groups excluding carboxylic acids is 1. The van der Waals surface area contributed by atoms with Gasteiger partial charge in [0, 0.05) is 17.1 Å². The summed E-state index contributed by atoms with van der Waals surface area (Å²) in [7, 11) is 1.35. The number of thioether (sulfide) groups is 1. The summed E-state index contributed by atoms with van der Waals surface area (Å²) in [5, 5.41) is 8.55. The van der Waals surface area contributed by atoms with E-state index in [1.165, 1.54) is 24.9 Å². The maximum Gasteiger partial charge on any atom is 0.306 e. The van der Waals surface area contributed by atoms with Crippen LogP contribution in [0.25, 0.3) is 0 Å². The molecule has 0 amide bonds. The lowest BCUT2D eigenvalue weighted by Gasteiger charge is -2.03. The molecule has 0 spiro atoms. The number of methoxy groups -OCH3 is 1.